The van der Waals surface area contributed by atoms with Crippen molar-refractivity contribution in [3.63, 3.8) is 0 Å². The predicted octanol–water partition coefficient (Wildman–Crippen LogP) is 3.08. The normalized spacial score (nSPS) is 11.7. The van der Waals surface area contributed by atoms with Gasteiger partial charge in [-0.1, -0.05) is 0 Å². The van der Waals surface area contributed by atoms with Crippen molar-refractivity contribution >= 4 is 5.69 Å². The lowest BCUT2D eigenvalue weighted by Gasteiger charge is -2.08. The molecule has 0 aliphatic carbocycles. The Morgan fingerprint density at radius 1 is 1.00 bits per heavy atom. The van der Waals surface area contributed by atoms with E-state index in [0.717, 1.165) is 12.1 Å². The van der Waals surface area contributed by atoms with Crippen LogP contribution in [-0.2, 0) is 6.18 Å². The maximum atomic E-state index is 12.3. The van der Waals surface area contributed by atoms with Gasteiger partial charge in [-0.15, -0.1) is 0 Å². The van der Waals surface area contributed by atoms with Crippen LogP contribution in [0.4, 0.5) is 18.9 Å². The first-order valence-corrected chi connectivity index (χ1v) is 4.58. The summed E-state index contributed by atoms with van der Waals surface area (Å²) < 4.78 is 38.6. The number of alkyl halides is 3. The van der Waals surface area contributed by atoms with Gasteiger partial charge in [-0.3, -0.25) is 0 Å². The smallest absolute Gasteiger partial charge is 0.397 e. The van der Waals surface area contributed by atoms with E-state index in [-0.39, 0.29) is 0 Å². The SMILES string of the molecule is Nc1ccn(-c2ccc(C(F)(F)F)cc2)c1. The average Bonchev–Trinajstić information content (AvgIpc) is 2.64. The van der Waals surface area contributed by atoms with Crippen molar-refractivity contribution < 1.29 is 13.2 Å². The Kier molecular flexibility index (Phi) is 2.38. The van der Waals surface area contributed by atoms with E-state index < -0.39 is 11.7 Å². The molecule has 0 fully saturated rings. The third kappa shape index (κ3) is 2.03. The van der Waals surface area contributed by atoms with Crippen molar-refractivity contribution in [2.45, 2.75) is 6.18 Å². The Morgan fingerprint density at radius 3 is 2.06 bits per heavy atom. The highest BCUT2D eigenvalue weighted by Gasteiger charge is 2.29. The zero-order chi connectivity index (χ0) is 11.8. The van der Waals surface area contributed by atoms with Crippen LogP contribution in [0.1, 0.15) is 5.56 Å². The molecule has 2 N–H and O–H groups in total. The molecule has 2 aromatic rings. The van der Waals surface area contributed by atoms with E-state index in [0.29, 0.717) is 11.4 Å². The largest absolute Gasteiger partial charge is 0.416 e. The molecule has 1 aromatic heterocycles. The van der Waals surface area contributed by atoms with Gasteiger partial charge in [0.05, 0.1) is 5.56 Å². The summed E-state index contributed by atoms with van der Waals surface area (Å²) in [6.45, 7) is 0. The van der Waals surface area contributed by atoms with Crippen LogP contribution in [0.15, 0.2) is 42.7 Å². The highest BCUT2D eigenvalue weighted by atomic mass is 19.4. The van der Waals surface area contributed by atoms with Crippen LogP contribution in [0.25, 0.3) is 5.69 Å². The molecule has 0 aliphatic heterocycles. The summed E-state index contributed by atoms with van der Waals surface area (Å²) >= 11 is 0. The van der Waals surface area contributed by atoms with Crippen LogP contribution in [0.5, 0.6) is 0 Å². The minimum absolute atomic E-state index is 0.569. The van der Waals surface area contributed by atoms with Crippen LogP contribution in [0, 0.1) is 0 Å². The summed E-state index contributed by atoms with van der Waals surface area (Å²) in [6, 6.07) is 6.58. The van der Waals surface area contributed by atoms with Gasteiger partial charge in [-0.2, -0.15) is 13.2 Å². The fourth-order valence-corrected chi connectivity index (χ4v) is 1.40. The summed E-state index contributed by atoms with van der Waals surface area (Å²) in [4.78, 5) is 0. The molecule has 16 heavy (non-hydrogen) atoms. The average molecular weight is 226 g/mol. The molecule has 0 amide bonds. The van der Waals surface area contributed by atoms with Gasteiger partial charge in [0.15, 0.2) is 0 Å². The Morgan fingerprint density at radius 2 is 1.62 bits per heavy atom. The number of hydrogen-bond acceptors (Lipinski definition) is 1. The number of benzene rings is 1. The van der Waals surface area contributed by atoms with E-state index >= 15 is 0 Å². The zero-order valence-corrected chi connectivity index (χ0v) is 8.20. The highest BCUT2D eigenvalue weighted by molar-refractivity contribution is 5.42. The molecule has 0 unspecified atom stereocenters. The van der Waals surface area contributed by atoms with E-state index in [4.69, 9.17) is 5.73 Å². The quantitative estimate of drug-likeness (QED) is 0.795. The fourth-order valence-electron chi connectivity index (χ4n) is 1.40. The molecule has 0 radical (unpaired) electrons. The number of anilines is 1. The number of rotatable bonds is 1. The molecule has 0 aliphatic rings. The van der Waals surface area contributed by atoms with Gasteiger partial charge in [0, 0.05) is 23.8 Å². The van der Waals surface area contributed by atoms with Gasteiger partial charge >= 0.3 is 6.18 Å². The van der Waals surface area contributed by atoms with E-state index in [1.165, 1.54) is 12.1 Å². The number of hydrogen-bond donors (Lipinski definition) is 1. The summed E-state index contributed by atoms with van der Waals surface area (Å²) in [5, 5.41) is 0. The molecule has 0 atom stereocenters. The molecule has 2 nitrogen and oxygen atoms in total. The minimum Gasteiger partial charge on any atom is -0.397 e. The number of halogens is 3. The molecule has 0 saturated carbocycles. The molecule has 1 aromatic carbocycles. The van der Waals surface area contributed by atoms with Gasteiger partial charge in [0.1, 0.15) is 0 Å². The van der Waals surface area contributed by atoms with E-state index in [9.17, 15) is 13.2 Å². The standard InChI is InChI=1S/C11H9F3N2/c12-11(13,14)8-1-3-10(4-2-8)16-6-5-9(15)7-16/h1-7H,15H2. The van der Waals surface area contributed by atoms with Crippen LogP contribution in [-0.4, -0.2) is 4.57 Å². The molecule has 0 spiro atoms. The van der Waals surface area contributed by atoms with Gasteiger partial charge in [-0.05, 0) is 30.3 Å². The topological polar surface area (TPSA) is 30.9 Å². The second kappa shape index (κ2) is 3.59. The summed E-state index contributed by atoms with van der Waals surface area (Å²) in [5.41, 5.74) is 6.07. The molecule has 2 rings (SSSR count). The Hall–Kier alpha value is -1.91. The van der Waals surface area contributed by atoms with Gasteiger partial charge in [0.25, 0.3) is 0 Å². The fraction of sp³-hybridized carbons (Fsp3) is 0.0909. The molecule has 0 bridgehead atoms. The minimum atomic E-state index is -4.30. The Balaban J connectivity index is 2.33. The maximum absolute atomic E-state index is 12.3. The van der Waals surface area contributed by atoms with Crippen LogP contribution in [0.2, 0.25) is 0 Å². The van der Waals surface area contributed by atoms with Crippen molar-refractivity contribution in [2.75, 3.05) is 5.73 Å². The summed E-state index contributed by atoms with van der Waals surface area (Å²) in [5.74, 6) is 0. The predicted molar refractivity (Wildman–Crippen MR) is 55.2 cm³/mol. The Bertz CT molecular complexity index is 483. The van der Waals surface area contributed by atoms with E-state index in [2.05, 4.69) is 0 Å². The summed E-state index contributed by atoms with van der Waals surface area (Å²) in [6.07, 6.45) is -0.964. The number of aromatic nitrogens is 1. The van der Waals surface area contributed by atoms with E-state index in [1.54, 1.807) is 23.0 Å². The zero-order valence-electron chi connectivity index (χ0n) is 8.20. The van der Waals surface area contributed by atoms with Crippen molar-refractivity contribution in [1.82, 2.24) is 4.57 Å². The second-order valence-corrected chi connectivity index (χ2v) is 3.40. The molecular formula is C11H9F3N2. The molecule has 84 valence electrons. The van der Waals surface area contributed by atoms with Gasteiger partial charge < -0.3 is 10.3 Å². The maximum Gasteiger partial charge on any atom is 0.416 e. The lowest BCUT2D eigenvalue weighted by Crippen LogP contribution is -2.04. The monoisotopic (exact) mass is 226 g/mol. The Labute approximate surface area is 90.1 Å². The van der Waals surface area contributed by atoms with Crippen LogP contribution in [0.3, 0.4) is 0 Å². The highest BCUT2D eigenvalue weighted by Crippen LogP contribution is 2.29. The first-order valence-electron chi connectivity index (χ1n) is 4.58. The number of nitrogens with zero attached hydrogens (tertiary/aromatic N) is 1. The van der Waals surface area contributed by atoms with Crippen LogP contribution >= 0.6 is 0 Å². The number of nitrogens with two attached hydrogens (primary N) is 1. The molecule has 0 saturated heterocycles. The second-order valence-electron chi connectivity index (χ2n) is 3.40. The first-order chi connectivity index (χ1) is 7.47. The molecule has 5 heteroatoms. The van der Waals surface area contributed by atoms with Gasteiger partial charge in [-0.25, -0.2) is 0 Å². The third-order valence-electron chi connectivity index (χ3n) is 2.21. The lowest BCUT2D eigenvalue weighted by molar-refractivity contribution is -0.137. The third-order valence-corrected chi connectivity index (χ3v) is 2.21. The van der Waals surface area contributed by atoms with Crippen LogP contribution < -0.4 is 5.73 Å². The molecular weight excluding hydrogens is 217 g/mol. The molecule has 1 heterocycles. The van der Waals surface area contributed by atoms with Crippen molar-refractivity contribution in [3.05, 3.63) is 48.3 Å². The lowest BCUT2D eigenvalue weighted by atomic mass is 10.2. The van der Waals surface area contributed by atoms with Crippen molar-refractivity contribution in [2.24, 2.45) is 0 Å². The van der Waals surface area contributed by atoms with Gasteiger partial charge in [0.2, 0.25) is 0 Å². The summed E-state index contributed by atoms with van der Waals surface area (Å²) in [7, 11) is 0. The van der Waals surface area contributed by atoms with E-state index in [1.807, 2.05) is 0 Å². The number of nitrogen functional groups attached to an aromatic ring is 1. The van der Waals surface area contributed by atoms with Crippen molar-refractivity contribution in [1.29, 1.82) is 0 Å². The first kappa shape index (κ1) is 10.6. The van der Waals surface area contributed by atoms with Crippen molar-refractivity contribution in [3.8, 4) is 5.69 Å².